The number of nitrogens with zero attached hydrogens (tertiary/aromatic N) is 3. The molecule has 0 atom stereocenters. The number of nitrogens with one attached hydrogen (secondary N) is 1. The average molecular weight is 429 g/mol. The molecule has 2 aromatic carbocycles. The van der Waals surface area contributed by atoms with Gasteiger partial charge in [-0.2, -0.15) is 0 Å². The van der Waals surface area contributed by atoms with Crippen LogP contribution < -0.4 is 14.8 Å². The summed E-state index contributed by atoms with van der Waals surface area (Å²) in [4.78, 5) is 9.12. The lowest BCUT2D eigenvalue weighted by Crippen LogP contribution is -2.52. The lowest BCUT2D eigenvalue weighted by Gasteiger charge is -2.36. The number of rotatable bonds is 6. The predicted octanol–water partition coefficient (Wildman–Crippen LogP) is 2.59. The summed E-state index contributed by atoms with van der Waals surface area (Å²) in [5.41, 5.74) is 2.79. The quantitative estimate of drug-likeness (QED) is 0.564. The van der Waals surface area contributed by atoms with Crippen molar-refractivity contribution in [3.8, 4) is 11.5 Å². The van der Waals surface area contributed by atoms with Crippen LogP contribution in [0.2, 0.25) is 0 Å². The van der Waals surface area contributed by atoms with E-state index in [0.29, 0.717) is 18.9 Å². The number of aliphatic imine (C=N–C) groups is 1. The third-order valence-corrected chi connectivity index (χ3v) is 5.59. The number of methoxy groups -OCH3 is 1. The monoisotopic (exact) mass is 428 g/mol. The Kier molecular flexibility index (Phi) is 6.89. The van der Waals surface area contributed by atoms with Crippen LogP contribution in [0.25, 0.3) is 0 Å². The second-order valence-electron chi connectivity index (χ2n) is 7.71. The Hall–Kier alpha value is -2.84. The predicted molar refractivity (Wildman–Crippen MR) is 117 cm³/mol. The summed E-state index contributed by atoms with van der Waals surface area (Å²) >= 11 is 0. The lowest BCUT2D eigenvalue weighted by atomic mass is 10.1. The summed E-state index contributed by atoms with van der Waals surface area (Å²) in [6.07, 6.45) is 0. The van der Waals surface area contributed by atoms with Gasteiger partial charge in [0.2, 0.25) is 6.79 Å². The molecule has 0 spiro atoms. The molecule has 0 radical (unpaired) electrons. The first-order chi connectivity index (χ1) is 15.2. The largest absolute Gasteiger partial charge is 0.454 e. The van der Waals surface area contributed by atoms with Crippen LogP contribution in [0, 0.1) is 5.82 Å². The molecule has 2 aliphatic heterocycles. The summed E-state index contributed by atoms with van der Waals surface area (Å²) < 4.78 is 29.8. The first-order valence-corrected chi connectivity index (χ1v) is 10.5. The van der Waals surface area contributed by atoms with Gasteiger partial charge in [0, 0.05) is 59.0 Å². The van der Waals surface area contributed by atoms with E-state index in [1.165, 1.54) is 11.6 Å². The Morgan fingerprint density at radius 3 is 2.61 bits per heavy atom. The van der Waals surface area contributed by atoms with Gasteiger partial charge in [-0.25, -0.2) is 4.39 Å². The van der Waals surface area contributed by atoms with Crippen LogP contribution in [0.1, 0.15) is 16.7 Å². The van der Waals surface area contributed by atoms with Gasteiger partial charge in [0.05, 0.1) is 6.61 Å². The van der Waals surface area contributed by atoms with Crippen LogP contribution in [0.5, 0.6) is 11.5 Å². The highest BCUT2D eigenvalue weighted by Crippen LogP contribution is 2.32. The van der Waals surface area contributed by atoms with Crippen molar-refractivity contribution in [3.63, 3.8) is 0 Å². The zero-order valence-electron chi connectivity index (χ0n) is 18.1. The lowest BCUT2D eigenvalue weighted by molar-refractivity contribution is 0.171. The maximum Gasteiger partial charge on any atom is 0.231 e. The normalized spacial score (nSPS) is 16.6. The van der Waals surface area contributed by atoms with Crippen LogP contribution >= 0.6 is 0 Å². The summed E-state index contributed by atoms with van der Waals surface area (Å²) in [5.74, 6) is 2.27. The summed E-state index contributed by atoms with van der Waals surface area (Å²) in [6.45, 7) is 5.71. The first kappa shape index (κ1) is 21.4. The molecule has 0 bridgehead atoms. The maximum absolute atomic E-state index is 13.8. The zero-order chi connectivity index (χ0) is 21.6. The summed E-state index contributed by atoms with van der Waals surface area (Å²) in [6, 6.07) is 11.3. The van der Waals surface area contributed by atoms with Gasteiger partial charge in [-0.05, 0) is 35.4 Å². The molecule has 0 aliphatic carbocycles. The molecule has 2 aromatic rings. The van der Waals surface area contributed by atoms with E-state index in [9.17, 15) is 4.39 Å². The molecular weight excluding hydrogens is 399 g/mol. The minimum Gasteiger partial charge on any atom is -0.454 e. The Morgan fingerprint density at radius 2 is 1.84 bits per heavy atom. The van der Waals surface area contributed by atoms with Crippen LogP contribution in [0.15, 0.2) is 41.4 Å². The number of halogens is 1. The van der Waals surface area contributed by atoms with Gasteiger partial charge in [0.25, 0.3) is 0 Å². The molecule has 1 fully saturated rings. The number of piperazine rings is 1. The Labute approximate surface area is 182 Å². The third-order valence-electron chi connectivity index (χ3n) is 5.59. The minimum atomic E-state index is -0.242. The van der Waals surface area contributed by atoms with Crippen molar-refractivity contribution >= 4 is 5.96 Å². The van der Waals surface area contributed by atoms with Crippen LogP contribution in [0.3, 0.4) is 0 Å². The van der Waals surface area contributed by atoms with E-state index >= 15 is 0 Å². The average Bonchev–Trinajstić information content (AvgIpc) is 3.25. The van der Waals surface area contributed by atoms with E-state index in [1.54, 1.807) is 20.2 Å². The number of fused-ring (bicyclic) bond motifs is 1. The van der Waals surface area contributed by atoms with E-state index in [4.69, 9.17) is 14.2 Å². The highest BCUT2D eigenvalue weighted by molar-refractivity contribution is 5.80. The molecule has 0 saturated carbocycles. The SMILES string of the molecule is CN=C(NCc1ccc(F)c(COC)c1)N1CCN(Cc2ccc3c(c2)OCO3)CC1. The summed E-state index contributed by atoms with van der Waals surface area (Å²) in [5, 5.41) is 3.40. The van der Waals surface area contributed by atoms with Crippen molar-refractivity contribution in [2.75, 3.05) is 47.1 Å². The molecule has 2 heterocycles. The number of guanidine groups is 1. The minimum absolute atomic E-state index is 0.242. The highest BCUT2D eigenvalue weighted by Gasteiger charge is 2.21. The molecule has 8 heteroatoms. The number of hydrogen-bond acceptors (Lipinski definition) is 5. The molecular formula is C23H29FN4O3. The fraction of sp³-hybridized carbons (Fsp3) is 0.435. The van der Waals surface area contributed by atoms with Crippen LogP contribution in [-0.2, 0) is 24.4 Å². The van der Waals surface area contributed by atoms with E-state index in [1.807, 2.05) is 12.1 Å². The molecule has 0 amide bonds. The van der Waals surface area contributed by atoms with Crippen molar-refractivity contribution < 1.29 is 18.6 Å². The van der Waals surface area contributed by atoms with Crippen molar-refractivity contribution in [2.24, 2.45) is 4.99 Å². The molecule has 0 aromatic heterocycles. The molecule has 2 aliphatic rings. The smallest absolute Gasteiger partial charge is 0.231 e. The highest BCUT2D eigenvalue weighted by atomic mass is 19.1. The molecule has 1 N–H and O–H groups in total. The van der Waals surface area contributed by atoms with Crippen molar-refractivity contribution in [2.45, 2.75) is 19.7 Å². The number of ether oxygens (including phenoxy) is 3. The molecule has 0 unspecified atom stereocenters. The molecule has 1 saturated heterocycles. The van der Waals surface area contributed by atoms with E-state index in [2.05, 4.69) is 32.2 Å². The number of benzene rings is 2. The van der Waals surface area contributed by atoms with Crippen LogP contribution in [0.4, 0.5) is 4.39 Å². The molecule has 166 valence electrons. The topological polar surface area (TPSA) is 58.6 Å². The maximum atomic E-state index is 13.8. The Morgan fingerprint density at radius 1 is 1.06 bits per heavy atom. The van der Waals surface area contributed by atoms with E-state index < -0.39 is 0 Å². The van der Waals surface area contributed by atoms with Gasteiger partial charge in [0.15, 0.2) is 17.5 Å². The van der Waals surface area contributed by atoms with Crippen molar-refractivity contribution in [1.29, 1.82) is 0 Å². The van der Waals surface area contributed by atoms with E-state index in [-0.39, 0.29) is 12.4 Å². The van der Waals surface area contributed by atoms with Gasteiger partial charge < -0.3 is 24.4 Å². The van der Waals surface area contributed by atoms with Gasteiger partial charge >= 0.3 is 0 Å². The van der Waals surface area contributed by atoms with E-state index in [0.717, 1.165) is 55.7 Å². The second-order valence-corrected chi connectivity index (χ2v) is 7.71. The Bertz CT molecular complexity index is 929. The second kappa shape index (κ2) is 9.98. The molecule has 7 nitrogen and oxygen atoms in total. The fourth-order valence-corrected chi connectivity index (χ4v) is 3.93. The third kappa shape index (κ3) is 5.26. The van der Waals surface area contributed by atoms with Crippen molar-refractivity contribution in [1.82, 2.24) is 15.1 Å². The fourth-order valence-electron chi connectivity index (χ4n) is 3.93. The van der Waals surface area contributed by atoms with Gasteiger partial charge in [-0.3, -0.25) is 9.89 Å². The van der Waals surface area contributed by atoms with Gasteiger partial charge in [-0.15, -0.1) is 0 Å². The summed E-state index contributed by atoms with van der Waals surface area (Å²) in [7, 11) is 3.36. The Balaban J connectivity index is 1.28. The first-order valence-electron chi connectivity index (χ1n) is 10.5. The van der Waals surface area contributed by atoms with Crippen LogP contribution in [-0.4, -0.2) is 62.9 Å². The molecule has 31 heavy (non-hydrogen) atoms. The molecule has 4 rings (SSSR count). The van der Waals surface area contributed by atoms with Gasteiger partial charge in [-0.1, -0.05) is 12.1 Å². The number of hydrogen-bond donors (Lipinski definition) is 1. The standard InChI is InChI=1S/C23H29FN4O3/c1-25-23(26-13-17-3-5-20(24)19(11-17)15-29-2)28-9-7-27(8-10-28)14-18-4-6-21-22(12-18)31-16-30-21/h3-6,11-12H,7-10,13-16H2,1-2H3,(H,25,26). The zero-order valence-corrected chi connectivity index (χ0v) is 18.1. The van der Waals surface area contributed by atoms with Crippen molar-refractivity contribution in [3.05, 3.63) is 58.9 Å². The van der Waals surface area contributed by atoms with Gasteiger partial charge in [0.1, 0.15) is 5.82 Å².